The Kier molecular flexibility index (Phi) is 6.30. The minimum absolute atomic E-state index is 0.247. The summed E-state index contributed by atoms with van der Waals surface area (Å²) in [5.41, 5.74) is 2.77. The molecule has 2 aliphatic heterocycles. The molecule has 34 heavy (non-hydrogen) atoms. The Morgan fingerprint density at radius 3 is 2.68 bits per heavy atom. The molecule has 0 unspecified atom stereocenters. The minimum atomic E-state index is -0.458. The lowest BCUT2D eigenvalue weighted by atomic mass is 10.0. The number of hydrogen-bond donors (Lipinski definition) is 1. The molecule has 3 aromatic rings. The maximum absolute atomic E-state index is 15.2. The maximum Gasteiger partial charge on any atom is 0.290 e. The van der Waals surface area contributed by atoms with E-state index in [9.17, 15) is 9.59 Å². The molecule has 5 rings (SSSR count). The molecule has 174 valence electrons. The fourth-order valence-corrected chi connectivity index (χ4v) is 5.02. The number of carbonyl (C=O) groups is 2. The fourth-order valence-electron chi connectivity index (χ4n) is 4.37. The highest BCUT2D eigenvalue weighted by Gasteiger charge is 2.25. The van der Waals surface area contributed by atoms with Gasteiger partial charge in [-0.25, -0.2) is 14.4 Å². The average molecular weight is 478 g/mol. The summed E-state index contributed by atoms with van der Waals surface area (Å²) in [6.07, 6.45) is 4.28. The largest absolute Gasteiger partial charge is 0.367 e. The molecule has 0 radical (unpaired) electrons. The second kappa shape index (κ2) is 9.52. The summed E-state index contributed by atoms with van der Waals surface area (Å²) in [5.74, 6) is -0.401. The van der Waals surface area contributed by atoms with Crippen molar-refractivity contribution in [2.75, 3.05) is 37.6 Å². The molecule has 0 saturated carbocycles. The van der Waals surface area contributed by atoms with Gasteiger partial charge in [0.1, 0.15) is 5.82 Å². The second-order valence-electron chi connectivity index (χ2n) is 8.32. The number of nitrogens with one attached hydrogen (secondary N) is 1. The van der Waals surface area contributed by atoms with Crippen LogP contribution in [-0.4, -0.2) is 58.7 Å². The monoisotopic (exact) mass is 477 g/mol. The maximum atomic E-state index is 15.2. The van der Waals surface area contributed by atoms with Crippen molar-refractivity contribution in [1.29, 1.82) is 0 Å². The first-order valence-corrected chi connectivity index (χ1v) is 12.1. The van der Waals surface area contributed by atoms with Crippen molar-refractivity contribution < 1.29 is 14.0 Å². The normalized spacial score (nSPS) is 18.2. The lowest BCUT2D eigenvalue weighted by molar-refractivity contribution is -0.115. The zero-order valence-corrected chi connectivity index (χ0v) is 19.6. The van der Waals surface area contributed by atoms with Crippen LogP contribution in [0.25, 0.3) is 28.1 Å². The zero-order valence-electron chi connectivity index (χ0n) is 18.8. The smallest absolute Gasteiger partial charge is 0.290 e. The first-order valence-electron chi connectivity index (χ1n) is 11.3. The first-order chi connectivity index (χ1) is 16.5. The molecule has 2 saturated heterocycles. The van der Waals surface area contributed by atoms with Gasteiger partial charge < -0.3 is 4.90 Å². The number of amides is 2. The molecule has 0 spiro atoms. The van der Waals surface area contributed by atoms with Crippen LogP contribution in [0.2, 0.25) is 0 Å². The van der Waals surface area contributed by atoms with Crippen LogP contribution in [0.15, 0.2) is 47.5 Å². The second-order valence-corrected chi connectivity index (χ2v) is 9.33. The molecule has 2 amide bonds. The van der Waals surface area contributed by atoms with Gasteiger partial charge in [0, 0.05) is 49.4 Å². The summed E-state index contributed by atoms with van der Waals surface area (Å²) in [6, 6.07) is 11.0. The van der Waals surface area contributed by atoms with Gasteiger partial charge in [-0.3, -0.25) is 19.8 Å². The van der Waals surface area contributed by atoms with Gasteiger partial charge in [-0.05, 0) is 42.4 Å². The topological polar surface area (TPSA) is 78.4 Å². The van der Waals surface area contributed by atoms with Crippen molar-refractivity contribution in [3.05, 3.63) is 59.1 Å². The van der Waals surface area contributed by atoms with Gasteiger partial charge in [0.05, 0.1) is 16.1 Å². The van der Waals surface area contributed by atoms with Crippen LogP contribution in [0, 0.1) is 5.82 Å². The predicted molar refractivity (Wildman–Crippen MR) is 133 cm³/mol. The van der Waals surface area contributed by atoms with Crippen LogP contribution in [-0.2, 0) is 4.79 Å². The highest BCUT2D eigenvalue weighted by Crippen LogP contribution is 2.32. The molecular weight excluding hydrogens is 453 g/mol. The van der Waals surface area contributed by atoms with E-state index < -0.39 is 11.1 Å². The summed E-state index contributed by atoms with van der Waals surface area (Å²) in [7, 11) is 0. The summed E-state index contributed by atoms with van der Waals surface area (Å²) in [5, 5.41) is 2.61. The van der Waals surface area contributed by atoms with E-state index in [0.717, 1.165) is 67.4 Å². The number of hydrogen-bond acceptors (Lipinski definition) is 7. The number of nitrogens with zero attached hydrogens (tertiary/aromatic N) is 4. The highest BCUT2D eigenvalue weighted by atomic mass is 32.2. The molecule has 3 heterocycles. The summed E-state index contributed by atoms with van der Waals surface area (Å²) in [4.78, 5) is 37.0. The van der Waals surface area contributed by atoms with Gasteiger partial charge in [0.25, 0.3) is 11.1 Å². The number of anilines is 1. The molecule has 0 atom stereocenters. The Morgan fingerprint density at radius 1 is 1.15 bits per heavy atom. The quantitative estimate of drug-likeness (QED) is 0.549. The average Bonchev–Trinajstić information content (AvgIpc) is 3.15. The van der Waals surface area contributed by atoms with E-state index >= 15 is 4.39 Å². The number of benzene rings is 2. The van der Waals surface area contributed by atoms with E-state index in [2.05, 4.69) is 32.0 Å². The number of imide groups is 1. The van der Waals surface area contributed by atoms with Crippen molar-refractivity contribution in [2.24, 2.45) is 0 Å². The van der Waals surface area contributed by atoms with E-state index in [1.165, 1.54) is 6.08 Å². The van der Waals surface area contributed by atoms with Crippen LogP contribution in [0.1, 0.15) is 19.2 Å². The Labute approximate surface area is 201 Å². The van der Waals surface area contributed by atoms with Crippen molar-refractivity contribution >= 4 is 45.6 Å². The molecule has 2 fully saturated rings. The number of carbonyl (C=O) groups excluding carboxylic acids is 2. The van der Waals surface area contributed by atoms with Crippen LogP contribution in [0.4, 0.5) is 14.9 Å². The molecule has 0 aliphatic carbocycles. The molecule has 2 aromatic carbocycles. The number of para-hydroxylation sites is 1. The molecule has 1 N–H and O–H groups in total. The minimum Gasteiger partial charge on any atom is -0.367 e. The predicted octanol–water partition coefficient (Wildman–Crippen LogP) is 4.29. The van der Waals surface area contributed by atoms with Gasteiger partial charge in [0.2, 0.25) is 0 Å². The number of rotatable bonds is 5. The van der Waals surface area contributed by atoms with Crippen molar-refractivity contribution in [1.82, 2.24) is 20.2 Å². The SMILES string of the molecule is CCCN1CCN(c2ccc(-c3cccc4cnc(C=C5SC(=O)NC5=O)nc34)cc2F)CC1. The standard InChI is InChI=1S/C25H24FN5O2S/c1-2-8-30-9-11-31(12-10-30)20-7-6-16(13-19(20)26)18-5-3-4-17-15-27-22(28-23(17)18)14-21-24(32)29-25(33)34-21/h3-7,13-15H,2,8-12H2,1H3,(H,29,32,33). The van der Waals surface area contributed by atoms with Gasteiger partial charge in [-0.2, -0.15) is 0 Å². The summed E-state index contributed by atoms with van der Waals surface area (Å²) >= 11 is 0.819. The molecule has 9 heteroatoms. The van der Waals surface area contributed by atoms with E-state index in [1.807, 2.05) is 30.3 Å². The number of aromatic nitrogens is 2. The lowest BCUT2D eigenvalue weighted by Crippen LogP contribution is -2.46. The lowest BCUT2D eigenvalue weighted by Gasteiger charge is -2.36. The van der Waals surface area contributed by atoms with Crippen molar-refractivity contribution in [2.45, 2.75) is 13.3 Å². The van der Waals surface area contributed by atoms with E-state index in [-0.39, 0.29) is 10.7 Å². The van der Waals surface area contributed by atoms with Crippen LogP contribution in [0.3, 0.4) is 0 Å². The van der Waals surface area contributed by atoms with Gasteiger partial charge in [-0.15, -0.1) is 0 Å². The zero-order chi connectivity index (χ0) is 23.7. The van der Waals surface area contributed by atoms with Gasteiger partial charge in [-0.1, -0.05) is 31.2 Å². The molecule has 2 aliphatic rings. The number of fused-ring (bicyclic) bond motifs is 1. The van der Waals surface area contributed by atoms with Crippen molar-refractivity contribution in [3.8, 4) is 11.1 Å². The Balaban J connectivity index is 1.45. The van der Waals surface area contributed by atoms with Crippen molar-refractivity contribution in [3.63, 3.8) is 0 Å². The molecule has 0 bridgehead atoms. The van der Waals surface area contributed by atoms with E-state index in [4.69, 9.17) is 0 Å². The number of halogens is 1. The summed E-state index contributed by atoms with van der Waals surface area (Å²) < 4.78 is 15.2. The third kappa shape index (κ3) is 4.53. The Morgan fingerprint density at radius 2 is 1.97 bits per heavy atom. The fraction of sp³-hybridized carbons (Fsp3) is 0.280. The molecule has 7 nitrogen and oxygen atoms in total. The number of piperazine rings is 1. The highest BCUT2D eigenvalue weighted by molar-refractivity contribution is 8.18. The van der Waals surface area contributed by atoms with Gasteiger partial charge >= 0.3 is 0 Å². The molecular formula is C25H24FN5O2S. The van der Waals surface area contributed by atoms with Gasteiger partial charge in [0.15, 0.2) is 5.82 Å². The van der Waals surface area contributed by atoms with Crippen LogP contribution < -0.4 is 10.2 Å². The van der Waals surface area contributed by atoms with E-state index in [1.54, 1.807) is 12.3 Å². The van der Waals surface area contributed by atoms with E-state index in [0.29, 0.717) is 17.0 Å². The number of thioether (sulfide) groups is 1. The third-order valence-electron chi connectivity index (χ3n) is 6.04. The summed E-state index contributed by atoms with van der Waals surface area (Å²) in [6.45, 7) is 6.75. The first kappa shape index (κ1) is 22.5. The Bertz CT molecular complexity index is 1300. The van der Waals surface area contributed by atoms with Crippen LogP contribution in [0.5, 0.6) is 0 Å². The third-order valence-corrected chi connectivity index (χ3v) is 6.85. The Hall–Kier alpha value is -3.30. The molecule has 1 aromatic heterocycles. The van der Waals surface area contributed by atoms with Crippen LogP contribution >= 0.6 is 11.8 Å².